The smallest absolute Gasteiger partial charge is 0.282 e. The van der Waals surface area contributed by atoms with Crippen molar-refractivity contribution in [2.45, 2.75) is 26.2 Å². The molecule has 1 aliphatic rings. The van der Waals surface area contributed by atoms with Gasteiger partial charge in [0.2, 0.25) is 0 Å². The summed E-state index contributed by atoms with van der Waals surface area (Å²) in [5, 5.41) is 5.08. The first-order valence-corrected chi connectivity index (χ1v) is 11.1. The minimum atomic E-state index is -0.145. The molecule has 7 heteroatoms. The van der Waals surface area contributed by atoms with Gasteiger partial charge in [-0.05, 0) is 42.3 Å². The molecule has 0 unspecified atom stereocenters. The molecule has 0 amide bonds. The highest BCUT2D eigenvalue weighted by atomic mass is 79.9. The largest absolute Gasteiger partial charge is 0.378 e. The third-order valence-electron chi connectivity index (χ3n) is 5.22. The number of aryl methyl sites for hydroxylation is 1. The van der Waals surface area contributed by atoms with E-state index >= 15 is 0 Å². The molecule has 1 aromatic heterocycles. The van der Waals surface area contributed by atoms with Crippen LogP contribution in [-0.4, -0.2) is 42.2 Å². The minimum Gasteiger partial charge on any atom is -0.378 e. The third-order valence-corrected chi connectivity index (χ3v) is 5.71. The molecule has 1 aliphatic heterocycles. The Morgan fingerprint density at radius 3 is 2.67 bits per heavy atom. The Morgan fingerprint density at radius 1 is 1.17 bits per heavy atom. The zero-order valence-corrected chi connectivity index (χ0v) is 18.6. The maximum Gasteiger partial charge on any atom is 0.282 e. The van der Waals surface area contributed by atoms with E-state index in [4.69, 9.17) is 9.72 Å². The second-order valence-corrected chi connectivity index (χ2v) is 8.26. The number of hydrogen-bond donors (Lipinski definition) is 0. The first-order valence-electron chi connectivity index (χ1n) is 10.3. The molecule has 0 bridgehead atoms. The topological polar surface area (TPSA) is 59.7 Å². The second kappa shape index (κ2) is 9.53. The maximum atomic E-state index is 13.1. The molecule has 0 N–H and O–H groups in total. The lowest BCUT2D eigenvalue weighted by Gasteiger charge is -2.28. The van der Waals surface area contributed by atoms with Gasteiger partial charge in [-0.25, -0.2) is 4.98 Å². The molecule has 0 atom stereocenters. The number of aromatic nitrogens is 2. The number of benzene rings is 2. The van der Waals surface area contributed by atoms with Crippen LogP contribution in [0.4, 0.5) is 5.69 Å². The molecule has 2 heterocycles. The van der Waals surface area contributed by atoms with Crippen LogP contribution in [0.15, 0.2) is 56.8 Å². The van der Waals surface area contributed by atoms with Crippen molar-refractivity contribution in [2.24, 2.45) is 5.10 Å². The molecule has 1 fully saturated rings. The number of nitrogens with zero attached hydrogens (tertiary/aromatic N) is 4. The molecule has 156 valence electrons. The summed E-state index contributed by atoms with van der Waals surface area (Å²) in [6.07, 6.45) is 4.43. The van der Waals surface area contributed by atoms with Crippen molar-refractivity contribution in [3.8, 4) is 0 Å². The van der Waals surface area contributed by atoms with Gasteiger partial charge >= 0.3 is 0 Å². The van der Waals surface area contributed by atoms with Crippen molar-refractivity contribution in [1.29, 1.82) is 0 Å². The van der Waals surface area contributed by atoms with Gasteiger partial charge in [-0.1, -0.05) is 41.4 Å². The molecule has 0 saturated carbocycles. The monoisotopic (exact) mass is 468 g/mol. The molecule has 3 aromatic rings. The van der Waals surface area contributed by atoms with E-state index in [0.29, 0.717) is 23.1 Å². The zero-order valence-electron chi connectivity index (χ0n) is 17.1. The Bertz CT molecular complexity index is 1100. The summed E-state index contributed by atoms with van der Waals surface area (Å²) in [6, 6.07) is 13.8. The van der Waals surface area contributed by atoms with Crippen LogP contribution in [0, 0.1) is 0 Å². The number of ether oxygens (including phenoxy) is 1. The van der Waals surface area contributed by atoms with Crippen molar-refractivity contribution < 1.29 is 4.74 Å². The lowest BCUT2D eigenvalue weighted by molar-refractivity contribution is 0.122. The number of hydrogen-bond acceptors (Lipinski definition) is 5. The van der Waals surface area contributed by atoms with Gasteiger partial charge < -0.3 is 9.64 Å². The number of morpholine rings is 1. The summed E-state index contributed by atoms with van der Waals surface area (Å²) in [6.45, 7) is 5.46. The summed E-state index contributed by atoms with van der Waals surface area (Å²) < 4.78 is 7.71. The number of halogens is 1. The fourth-order valence-electron chi connectivity index (χ4n) is 3.53. The quantitative estimate of drug-likeness (QED) is 0.508. The van der Waals surface area contributed by atoms with Gasteiger partial charge in [0, 0.05) is 29.7 Å². The van der Waals surface area contributed by atoms with Gasteiger partial charge in [0.1, 0.15) is 5.82 Å². The number of fused-ring (bicyclic) bond motifs is 1. The van der Waals surface area contributed by atoms with Gasteiger partial charge in [0.05, 0.1) is 30.3 Å². The molecule has 4 rings (SSSR count). The van der Waals surface area contributed by atoms with Crippen LogP contribution in [0.1, 0.15) is 31.2 Å². The van der Waals surface area contributed by atoms with E-state index in [2.05, 4.69) is 45.0 Å². The Morgan fingerprint density at radius 2 is 1.93 bits per heavy atom. The van der Waals surface area contributed by atoms with Crippen molar-refractivity contribution >= 4 is 38.7 Å². The number of unbranched alkanes of at least 4 members (excludes halogenated alkanes) is 1. The fourth-order valence-corrected chi connectivity index (χ4v) is 3.89. The van der Waals surface area contributed by atoms with Crippen LogP contribution in [0.25, 0.3) is 10.9 Å². The molecule has 6 nitrogen and oxygen atoms in total. The highest BCUT2D eigenvalue weighted by Crippen LogP contribution is 2.18. The molecule has 0 aliphatic carbocycles. The average Bonchev–Trinajstić information content (AvgIpc) is 2.78. The molecule has 0 radical (unpaired) electrons. The highest BCUT2D eigenvalue weighted by molar-refractivity contribution is 9.10. The summed E-state index contributed by atoms with van der Waals surface area (Å²) in [5.74, 6) is 0.692. The van der Waals surface area contributed by atoms with Crippen LogP contribution in [-0.2, 0) is 11.2 Å². The van der Waals surface area contributed by atoms with E-state index < -0.39 is 0 Å². The first kappa shape index (κ1) is 20.8. The fraction of sp³-hybridized carbons (Fsp3) is 0.348. The normalized spacial score (nSPS) is 14.7. The Labute approximate surface area is 184 Å². The van der Waals surface area contributed by atoms with Crippen molar-refractivity contribution in [2.75, 3.05) is 31.2 Å². The summed E-state index contributed by atoms with van der Waals surface area (Å²) in [5.41, 5.74) is 2.67. The van der Waals surface area contributed by atoms with Crippen molar-refractivity contribution in [1.82, 2.24) is 9.66 Å². The zero-order chi connectivity index (χ0) is 20.9. The predicted molar refractivity (Wildman–Crippen MR) is 125 cm³/mol. The summed E-state index contributed by atoms with van der Waals surface area (Å²) in [4.78, 5) is 20.1. The summed E-state index contributed by atoms with van der Waals surface area (Å²) in [7, 11) is 0. The van der Waals surface area contributed by atoms with Gasteiger partial charge in [0.25, 0.3) is 5.56 Å². The molecular formula is C23H25BrN4O2. The molecule has 30 heavy (non-hydrogen) atoms. The molecule has 0 spiro atoms. The average molecular weight is 469 g/mol. The van der Waals surface area contributed by atoms with Crippen LogP contribution in [0.3, 0.4) is 0 Å². The van der Waals surface area contributed by atoms with E-state index in [9.17, 15) is 4.79 Å². The van der Waals surface area contributed by atoms with Gasteiger partial charge in [-0.2, -0.15) is 9.78 Å². The van der Waals surface area contributed by atoms with Gasteiger partial charge in [0.15, 0.2) is 0 Å². The Hall–Kier alpha value is -2.51. The SMILES string of the molecule is CCCCc1nc2ccc(Br)cc2c(=O)n1N=Cc1ccc(N2CCOCC2)cc1. The molecular weight excluding hydrogens is 444 g/mol. The van der Waals surface area contributed by atoms with E-state index in [1.54, 1.807) is 12.3 Å². The van der Waals surface area contributed by atoms with E-state index in [0.717, 1.165) is 49.2 Å². The number of anilines is 1. The second-order valence-electron chi connectivity index (χ2n) is 7.35. The van der Waals surface area contributed by atoms with Gasteiger partial charge in [-0.3, -0.25) is 4.79 Å². The highest BCUT2D eigenvalue weighted by Gasteiger charge is 2.12. The van der Waals surface area contributed by atoms with Crippen LogP contribution < -0.4 is 10.5 Å². The predicted octanol–water partition coefficient (Wildman–Crippen LogP) is 4.22. The standard InChI is InChI=1S/C23H25BrN4O2/c1-2-3-4-22-26-21-10-7-18(24)15-20(21)23(29)28(22)25-16-17-5-8-19(9-6-17)27-11-13-30-14-12-27/h5-10,15-16H,2-4,11-14H2,1H3. The van der Waals surface area contributed by atoms with Gasteiger partial charge in [-0.15, -0.1) is 0 Å². The van der Waals surface area contributed by atoms with E-state index in [1.165, 1.54) is 10.4 Å². The van der Waals surface area contributed by atoms with Crippen LogP contribution in [0.2, 0.25) is 0 Å². The minimum absolute atomic E-state index is 0.145. The van der Waals surface area contributed by atoms with E-state index in [1.807, 2.05) is 24.3 Å². The lowest BCUT2D eigenvalue weighted by Crippen LogP contribution is -2.36. The van der Waals surface area contributed by atoms with Crippen molar-refractivity contribution in [3.05, 3.63) is 68.7 Å². The Kier molecular flexibility index (Phi) is 6.59. The van der Waals surface area contributed by atoms with Crippen LogP contribution in [0.5, 0.6) is 0 Å². The van der Waals surface area contributed by atoms with E-state index in [-0.39, 0.29) is 5.56 Å². The Balaban J connectivity index is 1.65. The lowest BCUT2D eigenvalue weighted by atomic mass is 10.2. The summed E-state index contributed by atoms with van der Waals surface area (Å²) >= 11 is 3.44. The third kappa shape index (κ3) is 4.63. The van der Waals surface area contributed by atoms with Crippen molar-refractivity contribution in [3.63, 3.8) is 0 Å². The molecule has 1 saturated heterocycles. The number of rotatable bonds is 6. The van der Waals surface area contributed by atoms with Crippen LogP contribution >= 0.6 is 15.9 Å². The maximum absolute atomic E-state index is 13.1. The molecule has 2 aromatic carbocycles. The first-order chi connectivity index (χ1) is 14.7.